The van der Waals surface area contributed by atoms with Crippen molar-refractivity contribution in [2.75, 3.05) is 31.5 Å². The fourth-order valence-corrected chi connectivity index (χ4v) is 5.04. The van der Waals surface area contributed by atoms with Crippen LogP contribution in [0.15, 0.2) is 63.9 Å². The normalized spacial score (nSPS) is 16.7. The molecular weight excluding hydrogens is 597 g/mol. The number of amides is 1. The van der Waals surface area contributed by atoms with E-state index in [0.29, 0.717) is 16.7 Å². The number of benzene rings is 2. The number of hydrazone groups is 1. The lowest BCUT2D eigenvalue weighted by Crippen LogP contribution is -2.42. The number of methoxy groups -OCH3 is 1. The maximum Gasteiger partial charge on any atom is 0.259 e. The van der Waals surface area contributed by atoms with Gasteiger partial charge in [0.25, 0.3) is 12.3 Å². The molecule has 222 valence electrons. The van der Waals surface area contributed by atoms with Crippen molar-refractivity contribution in [1.82, 2.24) is 14.1 Å². The molecule has 3 aromatic rings. The van der Waals surface area contributed by atoms with Gasteiger partial charge in [0.05, 0.1) is 29.6 Å². The number of anilines is 1. The molecule has 3 atom stereocenters. The smallest absolute Gasteiger partial charge is 0.259 e. The number of aromatic nitrogens is 2. The van der Waals surface area contributed by atoms with Gasteiger partial charge >= 0.3 is 0 Å². The maximum absolute atomic E-state index is 15.3. The highest BCUT2D eigenvalue weighted by molar-refractivity contribution is 7.82. The van der Waals surface area contributed by atoms with Crippen LogP contribution in [0.4, 0.5) is 18.9 Å². The summed E-state index contributed by atoms with van der Waals surface area (Å²) >= 11 is 6.32. The van der Waals surface area contributed by atoms with Crippen LogP contribution in [-0.2, 0) is 20.5 Å². The molecule has 0 bridgehead atoms. The van der Waals surface area contributed by atoms with Crippen molar-refractivity contribution in [3.05, 3.63) is 70.8 Å². The SMILES string of the molecule is C=N/C=N\N(CC(F)F)c1cc(C(COC)N2C(=O)C(c3ccc(-c4cnn(S(C)=O)c4)cc3F)N=C2N)ccc1Cl. The number of ether oxygens (including phenoxy) is 1. The molecule has 4 rings (SSSR count). The monoisotopic (exact) mass is 622 g/mol. The molecular formula is C26H26ClF3N8O3S. The fourth-order valence-electron chi connectivity index (χ4n) is 4.38. The number of nitrogens with two attached hydrogens (primary N) is 1. The number of aliphatic imine (C=N–C) groups is 2. The zero-order valence-corrected chi connectivity index (χ0v) is 24.0. The molecule has 16 heteroatoms. The quantitative estimate of drug-likeness (QED) is 0.186. The van der Waals surface area contributed by atoms with Crippen LogP contribution in [0, 0.1) is 5.82 Å². The predicted octanol–water partition coefficient (Wildman–Crippen LogP) is 3.79. The van der Waals surface area contributed by atoms with E-state index in [2.05, 4.69) is 26.9 Å². The second-order valence-corrected chi connectivity index (χ2v) is 10.6. The van der Waals surface area contributed by atoms with Crippen LogP contribution >= 0.6 is 11.6 Å². The summed E-state index contributed by atoms with van der Waals surface area (Å²) in [6.07, 6.45) is 2.66. The van der Waals surface area contributed by atoms with Crippen LogP contribution in [-0.4, -0.2) is 76.2 Å². The molecule has 2 N–H and O–H groups in total. The Kier molecular flexibility index (Phi) is 9.75. The van der Waals surface area contributed by atoms with E-state index >= 15 is 4.39 Å². The van der Waals surface area contributed by atoms with E-state index in [1.165, 1.54) is 59.0 Å². The number of carbonyl (C=O) groups is 1. The minimum atomic E-state index is -2.75. The third-order valence-electron chi connectivity index (χ3n) is 6.28. The van der Waals surface area contributed by atoms with Crippen LogP contribution in [0.1, 0.15) is 23.2 Å². The van der Waals surface area contributed by atoms with E-state index in [9.17, 15) is 17.8 Å². The van der Waals surface area contributed by atoms with Crippen molar-refractivity contribution >= 4 is 53.2 Å². The van der Waals surface area contributed by atoms with Crippen molar-refractivity contribution in [3.8, 4) is 11.1 Å². The van der Waals surface area contributed by atoms with E-state index in [1.54, 1.807) is 12.1 Å². The molecule has 0 fully saturated rings. The first-order chi connectivity index (χ1) is 20.0. The van der Waals surface area contributed by atoms with Gasteiger partial charge in [-0.1, -0.05) is 29.8 Å². The van der Waals surface area contributed by atoms with Crippen molar-refractivity contribution in [2.24, 2.45) is 20.8 Å². The second kappa shape index (κ2) is 13.3. The lowest BCUT2D eigenvalue weighted by Gasteiger charge is -2.29. The molecule has 2 aromatic carbocycles. The van der Waals surface area contributed by atoms with E-state index in [4.69, 9.17) is 22.1 Å². The molecule has 0 saturated heterocycles. The lowest BCUT2D eigenvalue weighted by molar-refractivity contribution is -0.130. The first-order valence-electron chi connectivity index (χ1n) is 12.2. The van der Waals surface area contributed by atoms with Crippen molar-refractivity contribution < 1.29 is 26.9 Å². The number of hydrogen-bond donors (Lipinski definition) is 1. The highest BCUT2D eigenvalue weighted by Gasteiger charge is 2.40. The van der Waals surface area contributed by atoms with E-state index < -0.39 is 47.8 Å². The number of nitrogens with zero attached hydrogens (tertiary/aromatic N) is 7. The third kappa shape index (κ3) is 6.53. The van der Waals surface area contributed by atoms with Gasteiger partial charge in [-0.15, -0.1) is 0 Å². The fraction of sp³-hybridized carbons (Fsp3) is 0.269. The Morgan fingerprint density at radius 3 is 2.67 bits per heavy atom. The Morgan fingerprint density at radius 1 is 1.29 bits per heavy atom. The number of alkyl halides is 2. The van der Waals surface area contributed by atoms with Gasteiger partial charge in [0, 0.05) is 30.7 Å². The van der Waals surface area contributed by atoms with E-state index in [-0.39, 0.29) is 28.8 Å². The third-order valence-corrected chi connectivity index (χ3v) is 7.33. The molecule has 0 radical (unpaired) electrons. The number of rotatable bonds is 12. The summed E-state index contributed by atoms with van der Waals surface area (Å²) in [5, 5.41) is 8.94. The minimum Gasteiger partial charge on any atom is -0.382 e. The van der Waals surface area contributed by atoms with Crippen LogP contribution in [0.25, 0.3) is 11.1 Å². The van der Waals surface area contributed by atoms with Gasteiger partial charge in [0.1, 0.15) is 29.7 Å². The largest absolute Gasteiger partial charge is 0.382 e. The van der Waals surface area contributed by atoms with Crippen molar-refractivity contribution in [2.45, 2.75) is 18.5 Å². The molecule has 1 aliphatic heterocycles. The zero-order valence-electron chi connectivity index (χ0n) is 22.4. The number of halogens is 4. The van der Waals surface area contributed by atoms with Crippen LogP contribution in [0.2, 0.25) is 5.02 Å². The highest BCUT2D eigenvalue weighted by Crippen LogP contribution is 2.37. The number of guanidine groups is 1. The molecule has 3 unspecified atom stereocenters. The summed E-state index contributed by atoms with van der Waals surface area (Å²) in [7, 11) is 0.0337. The van der Waals surface area contributed by atoms with Crippen LogP contribution < -0.4 is 10.7 Å². The molecule has 0 aliphatic carbocycles. The summed E-state index contributed by atoms with van der Waals surface area (Å²) in [6.45, 7) is 2.41. The molecule has 1 amide bonds. The first-order valence-corrected chi connectivity index (χ1v) is 14.1. The standard InChI is InChI=1S/C26H26ClF3N8O3S/c1-32-14-34-36(12-23(29)30)21-9-16(5-7-19(21)27)22(13-41-2)38-25(39)24(35-26(38)31)18-6-4-15(8-20(18)28)17-10-33-37(11-17)42(3)40/h4-11,14,22-24H,1,12-13H2,2-3H3,(H2,31,35)/b34-14-. The minimum absolute atomic E-state index is 0.0111. The molecule has 0 spiro atoms. The second-order valence-electron chi connectivity index (χ2n) is 8.96. The Labute approximate surface area is 246 Å². The van der Waals surface area contributed by atoms with Gasteiger partial charge in [0.2, 0.25) is 0 Å². The molecule has 0 saturated carbocycles. The van der Waals surface area contributed by atoms with Gasteiger partial charge in [-0.25, -0.2) is 22.4 Å². The average Bonchev–Trinajstić information content (AvgIpc) is 3.55. The Bertz CT molecular complexity index is 1570. The topological polar surface area (TPSA) is 131 Å². The molecule has 2 heterocycles. The van der Waals surface area contributed by atoms with Crippen LogP contribution in [0.5, 0.6) is 0 Å². The van der Waals surface area contributed by atoms with Crippen molar-refractivity contribution in [1.29, 1.82) is 0 Å². The zero-order chi connectivity index (χ0) is 30.6. The molecule has 1 aliphatic rings. The first kappa shape index (κ1) is 30.9. The van der Waals surface area contributed by atoms with Gasteiger partial charge in [-0.3, -0.25) is 19.7 Å². The van der Waals surface area contributed by atoms with Gasteiger partial charge in [-0.2, -0.15) is 14.3 Å². The van der Waals surface area contributed by atoms with Crippen molar-refractivity contribution in [3.63, 3.8) is 0 Å². The predicted molar refractivity (Wildman–Crippen MR) is 156 cm³/mol. The van der Waals surface area contributed by atoms with Gasteiger partial charge < -0.3 is 10.5 Å². The number of hydrogen-bond acceptors (Lipinski definition) is 8. The van der Waals surface area contributed by atoms with E-state index in [0.717, 1.165) is 11.3 Å². The maximum atomic E-state index is 15.3. The summed E-state index contributed by atoms with van der Waals surface area (Å²) < 4.78 is 60.2. The van der Waals surface area contributed by atoms with E-state index in [1.807, 2.05) is 0 Å². The molecule has 1 aromatic heterocycles. The van der Waals surface area contributed by atoms with Gasteiger partial charge in [0.15, 0.2) is 12.0 Å². The Hall–Kier alpha value is -4.08. The number of carbonyl (C=O) groups excluding carboxylic acids is 1. The summed E-state index contributed by atoms with van der Waals surface area (Å²) in [6, 6.07) is 6.61. The molecule has 42 heavy (non-hydrogen) atoms. The Balaban J connectivity index is 1.66. The summed E-state index contributed by atoms with van der Waals surface area (Å²) in [5.74, 6) is -1.51. The average molecular weight is 623 g/mol. The Morgan fingerprint density at radius 2 is 2.05 bits per heavy atom. The molecule has 11 nitrogen and oxygen atoms in total. The van der Waals surface area contributed by atoms with Crippen LogP contribution in [0.3, 0.4) is 0 Å². The highest BCUT2D eigenvalue weighted by atomic mass is 35.5. The van der Waals surface area contributed by atoms with Gasteiger partial charge in [-0.05, 0) is 36.0 Å². The summed E-state index contributed by atoms with van der Waals surface area (Å²) in [4.78, 5) is 22.5. The lowest BCUT2D eigenvalue weighted by atomic mass is 10.0. The summed E-state index contributed by atoms with van der Waals surface area (Å²) in [5.41, 5.74) is 7.71.